The number of nitrogens with zero attached hydrogens (tertiary/aromatic N) is 1. The van der Waals surface area contributed by atoms with Crippen LogP contribution >= 0.6 is 34.7 Å². The van der Waals surface area contributed by atoms with Gasteiger partial charge in [0.2, 0.25) is 5.91 Å². The van der Waals surface area contributed by atoms with E-state index in [1.165, 1.54) is 47.4 Å². The lowest BCUT2D eigenvalue weighted by molar-refractivity contribution is -0.114. The van der Waals surface area contributed by atoms with Crippen molar-refractivity contribution in [3.63, 3.8) is 0 Å². The van der Waals surface area contributed by atoms with Gasteiger partial charge in [0.15, 0.2) is 5.13 Å². The standard InChI is InChI=1S/C34H26ClFN4O4S2/c1-44-30-13-6-5-10-24(30)29-19-46-34(39-29)40-31(41)20-45-23-16-14-22(15-17-23)37-33(43)28(18-25-26(35)11-7-12-27(25)36)38-32(42)21-8-3-2-4-9-21/h2-19H,20H2,1H3,(H,37,43)(H,38,42)(H,39,40,41)/b28-18-. The van der Waals surface area contributed by atoms with Gasteiger partial charge < -0.3 is 20.7 Å². The fourth-order valence-corrected chi connectivity index (χ4v) is 5.83. The van der Waals surface area contributed by atoms with Gasteiger partial charge >= 0.3 is 0 Å². The number of aromatic nitrogens is 1. The van der Waals surface area contributed by atoms with E-state index in [1.54, 1.807) is 61.7 Å². The van der Waals surface area contributed by atoms with E-state index >= 15 is 0 Å². The minimum atomic E-state index is -0.681. The molecule has 3 amide bonds. The van der Waals surface area contributed by atoms with Crippen LogP contribution in [-0.2, 0) is 9.59 Å². The molecule has 1 aromatic heterocycles. The Morgan fingerprint density at radius 1 is 0.935 bits per heavy atom. The predicted molar refractivity (Wildman–Crippen MR) is 182 cm³/mol. The SMILES string of the molecule is COc1ccccc1-c1csc(NC(=O)CSc2ccc(NC(=O)/C(=C/c3c(F)cccc3Cl)NC(=O)c3ccccc3)cc2)n1. The van der Waals surface area contributed by atoms with Crippen molar-refractivity contribution in [2.45, 2.75) is 4.90 Å². The largest absolute Gasteiger partial charge is 0.496 e. The summed E-state index contributed by atoms with van der Waals surface area (Å²) in [6.07, 6.45) is 1.19. The molecule has 232 valence electrons. The van der Waals surface area contributed by atoms with Crippen molar-refractivity contribution in [1.29, 1.82) is 0 Å². The van der Waals surface area contributed by atoms with Crippen LogP contribution in [0.2, 0.25) is 5.02 Å². The highest BCUT2D eigenvalue weighted by molar-refractivity contribution is 8.00. The highest BCUT2D eigenvalue weighted by atomic mass is 35.5. The van der Waals surface area contributed by atoms with E-state index in [-0.39, 0.29) is 27.9 Å². The van der Waals surface area contributed by atoms with Gasteiger partial charge in [-0.05, 0) is 66.7 Å². The van der Waals surface area contributed by atoms with Crippen LogP contribution < -0.4 is 20.7 Å². The van der Waals surface area contributed by atoms with E-state index in [2.05, 4.69) is 20.9 Å². The number of thiazole rings is 1. The number of hydrogen-bond acceptors (Lipinski definition) is 7. The smallest absolute Gasteiger partial charge is 0.272 e. The Morgan fingerprint density at radius 2 is 1.67 bits per heavy atom. The molecule has 1 heterocycles. The normalized spacial score (nSPS) is 11.1. The third-order valence-electron chi connectivity index (χ3n) is 6.43. The average Bonchev–Trinajstić information content (AvgIpc) is 3.54. The molecule has 3 N–H and O–H groups in total. The number of carbonyl (C=O) groups is 3. The molecule has 46 heavy (non-hydrogen) atoms. The van der Waals surface area contributed by atoms with Crippen LogP contribution in [0.15, 0.2) is 113 Å². The van der Waals surface area contributed by atoms with Gasteiger partial charge in [-0.3, -0.25) is 14.4 Å². The Labute approximate surface area is 277 Å². The second kappa shape index (κ2) is 15.3. The van der Waals surface area contributed by atoms with Gasteiger partial charge in [0.05, 0.1) is 23.6 Å². The monoisotopic (exact) mass is 672 g/mol. The maximum Gasteiger partial charge on any atom is 0.272 e. The number of amides is 3. The molecule has 0 aliphatic heterocycles. The zero-order valence-corrected chi connectivity index (χ0v) is 26.6. The minimum absolute atomic E-state index is 0.0403. The van der Waals surface area contributed by atoms with Crippen LogP contribution in [0.1, 0.15) is 15.9 Å². The summed E-state index contributed by atoms with van der Waals surface area (Å²) in [7, 11) is 1.59. The number of nitrogens with one attached hydrogen (secondary N) is 3. The molecule has 5 rings (SSSR count). The minimum Gasteiger partial charge on any atom is -0.496 e. The lowest BCUT2D eigenvalue weighted by atomic mass is 10.1. The summed E-state index contributed by atoms with van der Waals surface area (Å²) in [6.45, 7) is 0. The van der Waals surface area contributed by atoms with Crippen molar-refractivity contribution in [2.24, 2.45) is 0 Å². The Kier molecular flexibility index (Phi) is 10.8. The van der Waals surface area contributed by atoms with Crippen LogP contribution in [0.25, 0.3) is 17.3 Å². The molecule has 0 aliphatic carbocycles. The molecule has 4 aromatic carbocycles. The molecule has 0 saturated heterocycles. The van der Waals surface area contributed by atoms with Crippen LogP contribution in [0, 0.1) is 5.82 Å². The van der Waals surface area contributed by atoms with Crippen molar-refractivity contribution in [3.05, 3.63) is 130 Å². The number of thioether (sulfide) groups is 1. The number of carbonyl (C=O) groups excluding carboxylic acids is 3. The van der Waals surface area contributed by atoms with Gasteiger partial charge in [0.25, 0.3) is 11.8 Å². The Balaban J connectivity index is 1.21. The number of rotatable bonds is 11. The van der Waals surface area contributed by atoms with Crippen LogP contribution in [-0.4, -0.2) is 35.6 Å². The Bertz CT molecular complexity index is 1880. The number of para-hydroxylation sites is 1. The van der Waals surface area contributed by atoms with E-state index in [0.717, 1.165) is 10.5 Å². The Hall–Kier alpha value is -4.97. The van der Waals surface area contributed by atoms with Gasteiger partial charge in [0.1, 0.15) is 17.3 Å². The number of halogens is 2. The summed E-state index contributed by atoms with van der Waals surface area (Å²) in [5.74, 6) is -1.27. The summed E-state index contributed by atoms with van der Waals surface area (Å²) in [5.41, 5.74) is 2.04. The molecule has 0 aliphatic rings. The predicted octanol–water partition coefficient (Wildman–Crippen LogP) is 7.75. The zero-order chi connectivity index (χ0) is 32.5. The second-order valence-electron chi connectivity index (χ2n) is 9.57. The summed E-state index contributed by atoms with van der Waals surface area (Å²) in [6, 6.07) is 26.8. The van der Waals surface area contributed by atoms with Crippen LogP contribution in [0.5, 0.6) is 5.75 Å². The lowest BCUT2D eigenvalue weighted by Crippen LogP contribution is -2.30. The third-order valence-corrected chi connectivity index (χ3v) is 8.53. The first-order valence-electron chi connectivity index (χ1n) is 13.8. The van der Waals surface area contributed by atoms with E-state index in [1.807, 2.05) is 29.6 Å². The fourth-order valence-electron chi connectivity index (χ4n) is 4.18. The van der Waals surface area contributed by atoms with E-state index in [9.17, 15) is 18.8 Å². The molecule has 0 saturated carbocycles. The zero-order valence-electron chi connectivity index (χ0n) is 24.3. The number of methoxy groups -OCH3 is 1. The number of hydrogen-bond donors (Lipinski definition) is 3. The molecular weight excluding hydrogens is 647 g/mol. The van der Waals surface area contributed by atoms with E-state index < -0.39 is 17.6 Å². The molecular formula is C34H26ClFN4O4S2. The summed E-state index contributed by atoms with van der Waals surface area (Å²) in [4.78, 5) is 44.0. The summed E-state index contributed by atoms with van der Waals surface area (Å²) >= 11 is 8.81. The first-order valence-corrected chi connectivity index (χ1v) is 16.0. The van der Waals surface area contributed by atoms with E-state index in [0.29, 0.717) is 27.8 Å². The van der Waals surface area contributed by atoms with Crippen molar-refractivity contribution < 1.29 is 23.5 Å². The molecule has 0 fully saturated rings. The summed E-state index contributed by atoms with van der Waals surface area (Å²) in [5, 5.41) is 10.5. The maximum atomic E-state index is 14.5. The number of ether oxygens (including phenoxy) is 1. The van der Waals surface area contributed by atoms with Gasteiger partial charge in [0, 0.05) is 32.7 Å². The van der Waals surface area contributed by atoms with Crippen molar-refractivity contribution >= 4 is 69.3 Å². The summed E-state index contributed by atoms with van der Waals surface area (Å²) < 4.78 is 19.9. The first-order chi connectivity index (χ1) is 22.3. The van der Waals surface area contributed by atoms with Crippen molar-refractivity contribution in [2.75, 3.05) is 23.5 Å². The molecule has 0 unspecified atom stereocenters. The van der Waals surface area contributed by atoms with Gasteiger partial charge in [-0.1, -0.05) is 48.0 Å². The van der Waals surface area contributed by atoms with Gasteiger partial charge in [-0.25, -0.2) is 9.37 Å². The molecule has 0 atom stereocenters. The first kappa shape index (κ1) is 32.4. The highest BCUT2D eigenvalue weighted by Crippen LogP contribution is 2.32. The number of anilines is 2. The van der Waals surface area contributed by atoms with Crippen molar-refractivity contribution in [1.82, 2.24) is 10.3 Å². The van der Waals surface area contributed by atoms with Gasteiger partial charge in [-0.15, -0.1) is 23.1 Å². The fraction of sp³-hybridized carbons (Fsp3) is 0.0588. The van der Waals surface area contributed by atoms with Gasteiger partial charge in [-0.2, -0.15) is 0 Å². The number of benzene rings is 4. The molecule has 8 nitrogen and oxygen atoms in total. The molecule has 12 heteroatoms. The molecule has 0 radical (unpaired) electrons. The lowest BCUT2D eigenvalue weighted by Gasteiger charge is -2.12. The van der Waals surface area contributed by atoms with E-state index in [4.69, 9.17) is 16.3 Å². The quantitative estimate of drug-likeness (QED) is 0.0978. The molecule has 0 spiro atoms. The third kappa shape index (κ3) is 8.39. The maximum absolute atomic E-state index is 14.5. The van der Waals surface area contributed by atoms with Crippen LogP contribution in [0.3, 0.4) is 0 Å². The van der Waals surface area contributed by atoms with Crippen molar-refractivity contribution in [3.8, 4) is 17.0 Å². The topological polar surface area (TPSA) is 109 Å². The second-order valence-corrected chi connectivity index (χ2v) is 11.9. The average molecular weight is 673 g/mol. The molecule has 0 bridgehead atoms. The van der Waals surface area contributed by atoms with Crippen LogP contribution in [0.4, 0.5) is 15.2 Å². The Morgan fingerprint density at radius 3 is 2.41 bits per heavy atom. The highest BCUT2D eigenvalue weighted by Gasteiger charge is 2.17. The molecule has 5 aromatic rings.